The Kier molecular flexibility index (Phi) is 3.82. The number of Topliss-reactive ketones (excluding diaryl/α,β-unsaturated/α-hetero) is 1. The minimum absolute atomic E-state index is 0.196. The van der Waals surface area contributed by atoms with E-state index in [2.05, 4.69) is 15.9 Å². The summed E-state index contributed by atoms with van der Waals surface area (Å²) < 4.78 is 18.5. The van der Waals surface area contributed by atoms with E-state index < -0.39 is 11.9 Å². The fraction of sp³-hybridized carbons (Fsp3) is 0.300. The Bertz CT molecular complexity index is 393. The van der Waals surface area contributed by atoms with Crippen LogP contribution in [0, 0.1) is 5.82 Å². The molecule has 0 aromatic heterocycles. The smallest absolute Gasteiger partial charge is 0.180 e. The number of hydrogen-bond acceptors (Lipinski definition) is 3. The van der Waals surface area contributed by atoms with E-state index in [0.29, 0.717) is 4.47 Å². The Morgan fingerprint density at radius 3 is 2.67 bits per heavy atom. The number of carbonyl (C=O) groups excluding carboxylic acids is 1. The van der Waals surface area contributed by atoms with Gasteiger partial charge in [0, 0.05) is 11.6 Å². The summed E-state index contributed by atoms with van der Waals surface area (Å²) in [5.74, 6) is -0.585. The lowest BCUT2D eigenvalue weighted by Crippen LogP contribution is -2.27. The molecule has 0 saturated carbocycles. The molecular formula is C10H11BrFNO2. The average molecular weight is 276 g/mol. The Labute approximate surface area is 95.5 Å². The van der Waals surface area contributed by atoms with Crippen LogP contribution < -0.4 is 10.5 Å². The van der Waals surface area contributed by atoms with Crippen LogP contribution in [0.15, 0.2) is 16.6 Å². The fourth-order valence-electron chi connectivity index (χ4n) is 1.14. The van der Waals surface area contributed by atoms with Gasteiger partial charge in [-0.2, -0.15) is 0 Å². The zero-order valence-electron chi connectivity index (χ0n) is 8.38. The lowest BCUT2D eigenvalue weighted by atomic mass is 10.1. The minimum Gasteiger partial charge on any atom is -0.495 e. The largest absolute Gasteiger partial charge is 0.495 e. The lowest BCUT2D eigenvalue weighted by molar-refractivity contribution is 0.0966. The quantitative estimate of drug-likeness (QED) is 0.860. The molecule has 0 aliphatic carbocycles. The zero-order valence-corrected chi connectivity index (χ0v) is 9.97. The predicted molar refractivity (Wildman–Crippen MR) is 58.6 cm³/mol. The minimum atomic E-state index is -0.673. The van der Waals surface area contributed by atoms with Gasteiger partial charge < -0.3 is 10.5 Å². The number of benzene rings is 1. The van der Waals surface area contributed by atoms with Crippen molar-refractivity contribution in [3.63, 3.8) is 0 Å². The molecule has 0 aliphatic rings. The van der Waals surface area contributed by atoms with Crippen LogP contribution >= 0.6 is 15.9 Å². The number of ether oxygens (including phenoxy) is 1. The fourth-order valence-corrected chi connectivity index (χ4v) is 1.72. The van der Waals surface area contributed by atoms with Gasteiger partial charge in [-0.3, -0.25) is 4.79 Å². The van der Waals surface area contributed by atoms with Crippen LogP contribution in [0.25, 0.3) is 0 Å². The molecular weight excluding hydrogens is 265 g/mol. The topological polar surface area (TPSA) is 52.3 Å². The van der Waals surface area contributed by atoms with Crippen LogP contribution in [0.1, 0.15) is 17.3 Å². The maximum absolute atomic E-state index is 13.1. The van der Waals surface area contributed by atoms with Gasteiger partial charge in [0.25, 0.3) is 0 Å². The second-order valence-corrected chi connectivity index (χ2v) is 3.92. The summed E-state index contributed by atoms with van der Waals surface area (Å²) in [7, 11) is 1.40. The van der Waals surface area contributed by atoms with Crippen molar-refractivity contribution in [2.45, 2.75) is 13.0 Å². The van der Waals surface area contributed by atoms with Crippen molar-refractivity contribution in [1.82, 2.24) is 0 Å². The van der Waals surface area contributed by atoms with Crippen LogP contribution in [-0.4, -0.2) is 18.9 Å². The van der Waals surface area contributed by atoms with Crippen molar-refractivity contribution in [2.24, 2.45) is 5.73 Å². The number of halogens is 2. The highest BCUT2D eigenvalue weighted by molar-refractivity contribution is 9.10. The van der Waals surface area contributed by atoms with Gasteiger partial charge in [0.15, 0.2) is 5.78 Å². The van der Waals surface area contributed by atoms with Crippen LogP contribution in [0.2, 0.25) is 0 Å². The van der Waals surface area contributed by atoms with E-state index >= 15 is 0 Å². The molecule has 2 N–H and O–H groups in total. The van der Waals surface area contributed by atoms with Gasteiger partial charge in [-0.25, -0.2) is 4.39 Å². The summed E-state index contributed by atoms with van der Waals surface area (Å²) in [6.45, 7) is 1.55. The predicted octanol–water partition coefficient (Wildman–Crippen LogP) is 2.13. The number of hydrogen-bond donors (Lipinski definition) is 1. The number of nitrogens with two attached hydrogens (primary N) is 1. The van der Waals surface area contributed by atoms with Gasteiger partial charge in [0.05, 0.1) is 17.6 Å². The normalized spacial score (nSPS) is 12.3. The van der Waals surface area contributed by atoms with Gasteiger partial charge in [0.2, 0.25) is 0 Å². The standard InChI is InChI=1S/C10H11BrFNO2/c1-5(13)10(14)7-3-6(12)4-8(15-2)9(7)11/h3-5H,13H2,1-2H3. The second kappa shape index (κ2) is 4.72. The molecule has 1 unspecified atom stereocenters. The first-order valence-electron chi connectivity index (χ1n) is 4.30. The van der Waals surface area contributed by atoms with E-state index in [1.165, 1.54) is 13.2 Å². The second-order valence-electron chi connectivity index (χ2n) is 3.12. The summed E-state index contributed by atoms with van der Waals surface area (Å²) in [5, 5.41) is 0. The van der Waals surface area contributed by atoms with Gasteiger partial charge in [-0.1, -0.05) is 0 Å². The maximum Gasteiger partial charge on any atom is 0.180 e. The number of rotatable bonds is 3. The first-order chi connectivity index (χ1) is 6.97. The van der Waals surface area contributed by atoms with E-state index in [-0.39, 0.29) is 17.1 Å². The first kappa shape index (κ1) is 12.1. The molecule has 0 heterocycles. The molecule has 1 aromatic carbocycles. The van der Waals surface area contributed by atoms with Crippen molar-refractivity contribution in [3.8, 4) is 5.75 Å². The molecule has 1 rings (SSSR count). The molecule has 15 heavy (non-hydrogen) atoms. The third-order valence-corrected chi connectivity index (χ3v) is 2.72. The third kappa shape index (κ3) is 2.54. The van der Waals surface area contributed by atoms with Crippen LogP contribution in [-0.2, 0) is 0 Å². The molecule has 0 amide bonds. The summed E-state index contributed by atoms with van der Waals surface area (Å²) >= 11 is 3.18. The number of carbonyl (C=O) groups is 1. The molecule has 82 valence electrons. The van der Waals surface area contributed by atoms with E-state index in [1.807, 2.05) is 0 Å². The van der Waals surface area contributed by atoms with E-state index in [0.717, 1.165) is 6.07 Å². The molecule has 0 saturated heterocycles. The Balaban J connectivity index is 3.29. The van der Waals surface area contributed by atoms with E-state index in [9.17, 15) is 9.18 Å². The highest BCUT2D eigenvalue weighted by Crippen LogP contribution is 2.30. The summed E-state index contributed by atoms with van der Waals surface area (Å²) in [6.07, 6.45) is 0. The number of methoxy groups -OCH3 is 1. The molecule has 0 fully saturated rings. The average Bonchev–Trinajstić information content (AvgIpc) is 2.19. The van der Waals surface area contributed by atoms with Crippen LogP contribution in [0.5, 0.6) is 5.75 Å². The Morgan fingerprint density at radius 2 is 2.20 bits per heavy atom. The molecule has 1 aromatic rings. The van der Waals surface area contributed by atoms with Crippen molar-refractivity contribution in [3.05, 3.63) is 28.0 Å². The summed E-state index contributed by atoms with van der Waals surface area (Å²) in [5.41, 5.74) is 5.64. The molecule has 0 aliphatic heterocycles. The first-order valence-corrected chi connectivity index (χ1v) is 5.09. The molecule has 0 spiro atoms. The monoisotopic (exact) mass is 275 g/mol. The van der Waals surface area contributed by atoms with E-state index in [1.54, 1.807) is 6.92 Å². The van der Waals surface area contributed by atoms with Crippen molar-refractivity contribution in [1.29, 1.82) is 0 Å². The highest BCUT2D eigenvalue weighted by atomic mass is 79.9. The lowest BCUT2D eigenvalue weighted by Gasteiger charge is -2.10. The summed E-state index contributed by atoms with van der Waals surface area (Å²) in [6, 6.07) is 1.66. The van der Waals surface area contributed by atoms with E-state index in [4.69, 9.17) is 10.5 Å². The van der Waals surface area contributed by atoms with Gasteiger partial charge in [-0.05, 0) is 28.9 Å². The van der Waals surface area contributed by atoms with Gasteiger partial charge in [-0.15, -0.1) is 0 Å². The Hall–Kier alpha value is -0.940. The van der Waals surface area contributed by atoms with Crippen molar-refractivity contribution < 1.29 is 13.9 Å². The highest BCUT2D eigenvalue weighted by Gasteiger charge is 2.18. The third-order valence-electron chi connectivity index (χ3n) is 1.90. The van der Waals surface area contributed by atoms with Crippen molar-refractivity contribution >= 4 is 21.7 Å². The van der Waals surface area contributed by atoms with Gasteiger partial charge in [0.1, 0.15) is 11.6 Å². The molecule has 5 heteroatoms. The Morgan fingerprint density at radius 1 is 1.60 bits per heavy atom. The van der Waals surface area contributed by atoms with Gasteiger partial charge >= 0.3 is 0 Å². The molecule has 3 nitrogen and oxygen atoms in total. The molecule has 1 atom stereocenters. The molecule has 0 radical (unpaired) electrons. The zero-order chi connectivity index (χ0) is 11.6. The maximum atomic E-state index is 13.1. The van der Waals surface area contributed by atoms with Crippen molar-refractivity contribution in [2.75, 3.05) is 7.11 Å². The molecule has 0 bridgehead atoms. The van der Waals surface area contributed by atoms with Crippen LogP contribution in [0.4, 0.5) is 4.39 Å². The summed E-state index contributed by atoms with van der Waals surface area (Å²) in [4.78, 5) is 11.6. The SMILES string of the molecule is COc1cc(F)cc(C(=O)C(C)N)c1Br. The number of ketones is 1. The van der Waals surface area contributed by atoms with Crippen LogP contribution in [0.3, 0.4) is 0 Å².